The maximum absolute atomic E-state index is 12.1. The minimum atomic E-state index is -0.113. The van der Waals surface area contributed by atoms with E-state index in [2.05, 4.69) is 20.8 Å². The molecule has 2 rings (SSSR count). The zero-order valence-electron chi connectivity index (χ0n) is 11.6. The molecule has 0 aliphatic heterocycles. The van der Waals surface area contributed by atoms with Crippen molar-refractivity contribution in [1.82, 2.24) is 15.5 Å². The van der Waals surface area contributed by atoms with Crippen LogP contribution in [0.15, 0.2) is 28.8 Å². The Kier molecular flexibility index (Phi) is 4.70. The van der Waals surface area contributed by atoms with Crippen LogP contribution >= 0.6 is 0 Å². The second kappa shape index (κ2) is 6.70. The molecule has 1 aromatic heterocycles. The molecule has 6 nitrogen and oxygen atoms in total. The fraction of sp³-hybridized carbons (Fsp3) is 0.357. The minimum Gasteiger partial charge on any atom is -0.385 e. The molecule has 0 unspecified atom stereocenters. The van der Waals surface area contributed by atoms with Gasteiger partial charge in [0, 0.05) is 25.2 Å². The molecule has 0 aliphatic carbocycles. The number of nitrogens with zero attached hydrogens (tertiary/aromatic N) is 2. The highest BCUT2D eigenvalue weighted by Crippen LogP contribution is 2.14. The van der Waals surface area contributed by atoms with Crippen LogP contribution < -0.4 is 10.6 Å². The molecule has 1 amide bonds. The van der Waals surface area contributed by atoms with E-state index in [1.807, 2.05) is 25.1 Å². The first-order chi connectivity index (χ1) is 9.70. The van der Waals surface area contributed by atoms with Crippen LogP contribution in [-0.2, 0) is 6.42 Å². The van der Waals surface area contributed by atoms with Crippen molar-refractivity contribution in [3.05, 3.63) is 41.5 Å². The van der Waals surface area contributed by atoms with Crippen molar-refractivity contribution in [3.63, 3.8) is 0 Å². The average Bonchev–Trinajstić information content (AvgIpc) is 2.85. The summed E-state index contributed by atoms with van der Waals surface area (Å²) in [5.74, 6) is 1.02. The molecule has 2 N–H and O–H groups in total. The average molecular weight is 274 g/mol. The molecular formula is C14H18N4O2. The van der Waals surface area contributed by atoms with Gasteiger partial charge in [-0.25, -0.2) is 0 Å². The van der Waals surface area contributed by atoms with Gasteiger partial charge >= 0.3 is 0 Å². The molecule has 0 aliphatic rings. The summed E-state index contributed by atoms with van der Waals surface area (Å²) in [6.45, 7) is 4.98. The first-order valence-corrected chi connectivity index (χ1v) is 6.61. The predicted molar refractivity (Wildman–Crippen MR) is 75.7 cm³/mol. The lowest BCUT2D eigenvalue weighted by molar-refractivity contribution is 0.0954. The van der Waals surface area contributed by atoms with E-state index < -0.39 is 0 Å². The normalized spacial score (nSPS) is 10.3. The smallest absolute Gasteiger partial charge is 0.253 e. The maximum Gasteiger partial charge on any atom is 0.253 e. The Morgan fingerprint density at radius 3 is 2.85 bits per heavy atom. The van der Waals surface area contributed by atoms with Crippen LogP contribution in [0.25, 0.3) is 0 Å². The third-order valence-corrected chi connectivity index (χ3v) is 2.73. The lowest BCUT2D eigenvalue weighted by Crippen LogP contribution is -2.26. The highest BCUT2D eigenvalue weighted by molar-refractivity contribution is 5.99. The summed E-state index contributed by atoms with van der Waals surface area (Å²) >= 11 is 0. The van der Waals surface area contributed by atoms with Crippen molar-refractivity contribution in [3.8, 4) is 0 Å². The van der Waals surface area contributed by atoms with Crippen molar-refractivity contribution < 1.29 is 9.32 Å². The van der Waals surface area contributed by atoms with Crippen molar-refractivity contribution in [2.45, 2.75) is 20.3 Å². The summed E-state index contributed by atoms with van der Waals surface area (Å²) in [5.41, 5.74) is 1.47. The van der Waals surface area contributed by atoms with Crippen molar-refractivity contribution in [2.75, 3.05) is 18.4 Å². The molecule has 0 spiro atoms. The Labute approximate surface area is 117 Å². The van der Waals surface area contributed by atoms with Crippen molar-refractivity contribution >= 4 is 11.6 Å². The summed E-state index contributed by atoms with van der Waals surface area (Å²) in [6, 6.07) is 7.43. The maximum atomic E-state index is 12.1. The van der Waals surface area contributed by atoms with Gasteiger partial charge in [-0.1, -0.05) is 17.3 Å². The Morgan fingerprint density at radius 2 is 2.15 bits per heavy atom. The van der Waals surface area contributed by atoms with E-state index in [0.29, 0.717) is 30.2 Å². The molecule has 0 saturated heterocycles. The third kappa shape index (κ3) is 3.57. The van der Waals surface area contributed by atoms with Gasteiger partial charge in [0.15, 0.2) is 5.82 Å². The van der Waals surface area contributed by atoms with Crippen LogP contribution in [0.1, 0.15) is 29.0 Å². The second-order valence-electron chi connectivity index (χ2n) is 4.32. The Hall–Kier alpha value is -2.37. The zero-order valence-corrected chi connectivity index (χ0v) is 11.6. The van der Waals surface area contributed by atoms with E-state index in [0.717, 1.165) is 12.2 Å². The van der Waals surface area contributed by atoms with Gasteiger partial charge in [-0.05, 0) is 26.0 Å². The fourth-order valence-corrected chi connectivity index (χ4v) is 1.85. The number of para-hydroxylation sites is 1. The topological polar surface area (TPSA) is 80.0 Å². The minimum absolute atomic E-state index is 0.113. The van der Waals surface area contributed by atoms with Crippen molar-refractivity contribution in [1.29, 1.82) is 0 Å². The van der Waals surface area contributed by atoms with E-state index in [4.69, 9.17) is 4.52 Å². The standard InChI is InChI=1S/C14H18N4O2/c1-3-15-12-7-5-4-6-11(12)14(19)16-9-8-13-17-10(2)18-20-13/h4-7,15H,3,8-9H2,1-2H3,(H,16,19). The number of hydrogen-bond acceptors (Lipinski definition) is 5. The molecular weight excluding hydrogens is 256 g/mol. The highest BCUT2D eigenvalue weighted by atomic mass is 16.5. The lowest BCUT2D eigenvalue weighted by Gasteiger charge is -2.10. The van der Waals surface area contributed by atoms with E-state index in [9.17, 15) is 4.79 Å². The Bertz CT molecular complexity index is 580. The summed E-state index contributed by atoms with van der Waals surface area (Å²) < 4.78 is 4.99. The number of carbonyl (C=O) groups excluding carboxylic acids is 1. The molecule has 1 heterocycles. The van der Waals surface area contributed by atoms with E-state index in [1.54, 1.807) is 13.0 Å². The number of hydrogen-bond donors (Lipinski definition) is 2. The summed E-state index contributed by atoms with van der Waals surface area (Å²) in [7, 11) is 0. The van der Waals surface area contributed by atoms with Gasteiger partial charge in [-0.3, -0.25) is 4.79 Å². The molecule has 0 fully saturated rings. The number of benzene rings is 1. The lowest BCUT2D eigenvalue weighted by atomic mass is 10.1. The molecule has 106 valence electrons. The Morgan fingerprint density at radius 1 is 1.35 bits per heavy atom. The number of anilines is 1. The molecule has 2 aromatic rings. The van der Waals surface area contributed by atoms with Crippen LogP contribution in [0.2, 0.25) is 0 Å². The zero-order chi connectivity index (χ0) is 14.4. The quantitative estimate of drug-likeness (QED) is 0.839. The monoisotopic (exact) mass is 274 g/mol. The first-order valence-electron chi connectivity index (χ1n) is 6.61. The van der Waals surface area contributed by atoms with Crippen LogP contribution in [-0.4, -0.2) is 29.1 Å². The third-order valence-electron chi connectivity index (χ3n) is 2.73. The molecule has 0 saturated carbocycles. The van der Waals surface area contributed by atoms with Gasteiger partial charge in [-0.2, -0.15) is 4.98 Å². The number of aryl methyl sites for hydroxylation is 1. The number of nitrogens with one attached hydrogen (secondary N) is 2. The molecule has 0 bridgehead atoms. The molecule has 6 heteroatoms. The van der Waals surface area contributed by atoms with Crippen LogP contribution in [0, 0.1) is 6.92 Å². The molecule has 20 heavy (non-hydrogen) atoms. The second-order valence-corrected chi connectivity index (χ2v) is 4.32. The van der Waals surface area contributed by atoms with Gasteiger partial charge < -0.3 is 15.2 Å². The van der Waals surface area contributed by atoms with Gasteiger partial charge in [0.1, 0.15) is 0 Å². The Balaban J connectivity index is 1.91. The van der Waals surface area contributed by atoms with E-state index in [1.165, 1.54) is 0 Å². The molecule has 0 radical (unpaired) electrons. The molecule has 1 aromatic carbocycles. The number of amides is 1. The fourth-order valence-electron chi connectivity index (χ4n) is 1.85. The summed E-state index contributed by atoms with van der Waals surface area (Å²) in [4.78, 5) is 16.2. The first kappa shape index (κ1) is 14.0. The van der Waals surface area contributed by atoms with Crippen LogP contribution in [0.4, 0.5) is 5.69 Å². The largest absolute Gasteiger partial charge is 0.385 e. The predicted octanol–water partition coefficient (Wildman–Crippen LogP) is 1.78. The summed E-state index contributed by atoms with van der Waals surface area (Å²) in [6.07, 6.45) is 0.524. The summed E-state index contributed by atoms with van der Waals surface area (Å²) in [5, 5.41) is 9.72. The highest BCUT2D eigenvalue weighted by Gasteiger charge is 2.10. The van der Waals surface area contributed by atoms with Gasteiger partial charge in [0.2, 0.25) is 5.89 Å². The van der Waals surface area contributed by atoms with Gasteiger partial charge in [0.05, 0.1) is 5.56 Å². The van der Waals surface area contributed by atoms with E-state index >= 15 is 0 Å². The number of carbonyl (C=O) groups is 1. The number of rotatable bonds is 6. The SMILES string of the molecule is CCNc1ccccc1C(=O)NCCc1nc(C)no1. The van der Waals surface area contributed by atoms with Gasteiger partial charge in [0.25, 0.3) is 5.91 Å². The molecule has 0 atom stereocenters. The van der Waals surface area contributed by atoms with Gasteiger partial charge in [-0.15, -0.1) is 0 Å². The van der Waals surface area contributed by atoms with Crippen LogP contribution in [0.3, 0.4) is 0 Å². The number of aromatic nitrogens is 2. The van der Waals surface area contributed by atoms with Crippen molar-refractivity contribution in [2.24, 2.45) is 0 Å². The van der Waals surface area contributed by atoms with E-state index in [-0.39, 0.29) is 5.91 Å². The van der Waals surface area contributed by atoms with Crippen LogP contribution in [0.5, 0.6) is 0 Å².